The molecule has 0 saturated carbocycles. The molecule has 0 aliphatic heterocycles. The topological polar surface area (TPSA) is 69.3 Å². The van der Waals surface area contributed by atoms with E-state index in [2.05, 4.69) is 60.7 Å². The number of carbonyl (C=O) groups excluding carboxylic acids is 1. The summed E-state index contributed by atoms with van der Waals surface area (Å²) in [4.78, 5) is 12.7. The minimum Gasteiger partial charge on any atom is -0.486 e. The van der Waals surface area contributed by atoms with E-state index in [1.54, 1.807) is 18.2 Å². The predicted molar refractivity (Wildman–Crippen MR) is 137 cm³/mol. The molecule has 5 aromatic rings. The van der Waals surface area contributed by atoms with E-state index in [-0.39, 0.29) is 18.3 Å². The lowest BCUT2D eigenvalue weighted by Crippen LogP contribution is -2.12. The maximum absolute atomic E-state index is 12.7. The Bertz CT molecular complexity index is 1440. The summed E-state index contributed by atoms with van der Waals surface area (Å²) >= 11 is 0. The molecule has 3 aromatic carbocycles. The van der Waals surface area contributed by atoms with Gasteiger partial charge >= 0.3 is 0 Å². The van der Waals surface area contributed by atoms with Crippen LogP contribution in [0.1, 0.15) is 47.2 Å². The molecule has 1 N–H and O–H groups in total. The number of amides is 1. The second-order valence-corrected chi connectivity index (χ2v) is 8.77. The Kier molecular flexibility index (Phi) is 6.35. The van der Waals surface area contributed by atoms with Crippen molar-refractivity contribution in [3.8, 4) is 5.75 Å². The molecule has 0 spiro atoms. The van der Waals surface area contributed by atoms with E-state index >= 15 is 0 Å². The van der Waals surface area contributed by atoms with Crippen LogP contribution in [0.3, 0.4) is 0 Å². The molecule has 5 rings (SSSR count). The SMILES string of the molecule is CC(C)c1ccc(OCc2ccc(C(=O)Nc3ccn(Cc4cccc5ccccc45)n3)o2)cc1. The highest BCUT2D eigenvalue weighted by atomic mass is 16.5. The Morgan fingerprint density at radius 1 is 0.971 bits per heavy atom. The minimum absolute atomic E-state index is 0.211. The van der Waals surface area contributed by atoms with Crippen molar-refractivity contribution in [3.05, 3.63) is 114 Å². The van der Waals surface area contributed by atoms with Gasteiger partial charge in [0.05, 0.1) is 6.54 Å². The zero-order chi connectivity index (χ0) is 24.2. The van der Waals surface area contributed by atoms with Gasteiger partial charge in [-0.25, -0.2) is 0 Å². The number of furan rings is 1. The van der Waals surface area contributed by atoms with E-state index in [0.717, 1.165) is 5.75 Å². The van der Waals surface area contributed by atoms with Crippen LogP contribution in [0.4, 0.5) is 5.82 Å². The van der Waals surface area contributed by atoms with Crippen LogP contribution in [0.5, 0.6) is 5.75 Å². The number of aromatic nitrogens is 2. The van der Waals surface area contributed by atoms with Gasteiger partial charge in [0.2, 0.25) is 0 Å². The molecule has 35 heavy (non-hydrogen) atoms. The molecular formula is C29H27N3O3. The highest BCUT2D eigenvalue weighted by Gasteiger charge is 2.14. The summed E-state index contributed by atoms with van der Waals surface area (Å²) in [5, 5.41) is 9.68. The summed E-state index contributed by atoms with van der Waals surface area (Å²) in [6.07, 6.45) is 1.85. The molecular weight excluding hydrogens is 438 g/mol. The molecule has 2 heterocycles. The molecule has 6 nitrogen and oxygen atoms in total. The molecule has 0 atom stereocenters. The van der Waals surface area contributed by atoms with Gasteiger partial charge in [0.25, 0.3) is 5.91 Å². The van der Waals surface area contributed by atoms with Crippen LogP contribution in [0.15, 0.2) is 95.5 Å². The standard InChI is InChI=1S/C29H27N3O3/c1-20(2)21-10-12-24(13-11-21)34-19-25-14-15-27(35-25)29(33)30-28-16-17-32(31-28)18-23-8-5-7-22-6-3-4-9-26(22)23/h3-17,20H,18-19H2,1-2H3,(H,30,31,33). The Hall–Kier alpha value is -4.32. The van der Waals surface area contributed by atoms with Gasteiger partial charge in [0, 0.05) is 12.3 Å². The fraction of sp³-hybridized carbons (Fsp3) is 0.172. The van der Waals surface area contributed by atoms with E-state index in [4.69, 9.17) is 9.15 Å². The van der Waals surface area contributed by atoms with Crippen molar-refractivity contribution < 1.29 is 13.9 Å². The number of carbonyl (C=O) groups is 1. The van der Waals surface area contributed by atoms with Crippen LogP contribution in [-0.2, 0) is 13.2 Å². The van der Waals surface area contributed by atoms with Gasteiger partial charge < -0.3 is 14.5 Å². The van der Waals surface area contributed by atoms with Crippen LogP contribution in [0.25, 0.3) is 10.8 Å². The number of benzene rings is 3. The summed E-state index contributed by atoms with van der Waals surface area (Å²) in [5.74, 6) is 2.13. The molecule has 0 radical (unpaired) electrons. The first-order valence-electron chi connectivity index (χ1n) is 11.7. The third-order valence-corrected chi connectivity index (χ3v) is 5.91. The number of ether oxygens (including phenoxy) is 1. The number of anilines is 1. The normalized spacial score (nSPS) is 11.2. The first-order chi connectivity index (χ1) is 17.0. The lowest BCUT2D eigenvalue weighted by molar-refractivity contribution is 0.0992. The maximum atomic E-state index is 12.7. The molecule has 0 aliphatic carbocycles. The van der Waals surface area contributed by atoms with Crippen molar-refractivity contribution in [1.29, 1.82) is 0 Å². The van der Waals surface area contributed by atoms with E-state index in [1.165, 1.54) is 21.9 Å². The van der Waals surface area contributed by atoms with Crippen molar-refractivity contribution in [2.24, 2.45) is 0 Å². The van der Waals surface area contributed by atoms with Crippen LogP contribution in [0, 0.1) is 0 Å². The minimum atomic E-state index is -0.354. The average molecular weight is 466 g/mol. The molecule has 1 amide bonds. The van der Waals surface area contributed by atoms with Gasteiger partial charge in [-0.3, -0.25) is 9.48 Å². The lowest BCUT2D eigenvalue weighted by Gasteiger charge is -2.08. The van der Waals surface area contributed by atoms with Gasteiger partial charge in [-0.05, 0) is 52.1 Å². The van der Waals surface area contributed by atoms with Crippen LogP contribution < -0.4 is 10.1 Å². The summed E-state index contributed by atoms with van der Waals surface area (Å²) < 4.78 is 13.3. The highest BCUT2D eigenvalue weighted by molar-refractivity contribution is 6.01. The molecule has 0 saturated heterocycles. The van der Waals surface area contributed by atoms with Gasteiger partial charge in [0.15, 0.2) is 11.6 Å². The van der Waals surface area contributed by atoms with Crippen molar-refractivity contribution in [2.45, 2.75) is 32.9 Å². The quantitative estimate of drug-likeness (QED) is 0.279. The zero-order valence-electron chi connectivity index (χ0n) is 19.8. The van der Waals surface area contributed by atoms with Gasteiger partial charge in [0.1, 0.15) is 18.1 Å². The number of fused-ring (bicyclic) bond motifs is 1. The molecule has 6 heteroatoms. The Balaban J connectivity index is 1.18. The summed E-state index contributed by atoms with van der Waals surface area (Å²) in [6, 6.07) is 27.7. The second-order valence-electron chi connectivity index (χ2n) is 8.77. The number of rotatable bonds is 8. The molecule has 0 fully saturated rings. The second kappa shape index (κ2) is 9.89. The van der Waals surface area contributed by atoms with E-state index in [1.807, 2.05) is 41.2 Å². The number of nitrogens with one attached hydrogen (secondary N) is 1. The number of hydrogen-bond acceptors (Lipinski definition) is 4. The fourth-order valence-corrected chi connectivity index (χ4v) is 3.98. The molecule has 2 aromatic heterocycles. The van der Waals surface area contributed by atoms with Gasteiger partial charge in [-0.2, -0.15) is 5.10 Å². The molecule has 0 aliphatic rings. The third kappa shape index (κ3) is 5.27. The Morgan fingerprint density at radius 2 is 1.77 bits per heavy atom. The van der Waals surface area contributed by atoms with Gasteiger partial charge in [-0.1, -0.05) is 68.4 Å². The van der Waals surface area contributed by atoms with E-state index in [9.17, 15) is 4.79 Å². The van der Waals surface area contributed by atoms with E-state index in [0.29, 0.717) is 24.0 Å². The van der Waals surface area contributed by atoms with Crippen LogP contribution >= 0.6 is 0 Å². The predicted octanol–water partition coefficient (Wildman–Crippen LogP) is 6.63. The average Bonchev–Trinajstić information content (AvgIpc) is 3.53. The smallest absolute Gasteiger partial charge is 0.292 e. The molecule has 0 unspecified atom stereocenters. The van der Waals surface area contributed by atoms with Crippen molar-refractivity contribution in [1.82, 2.24) is 9.78 Å². The van der Waals surface area contributed by atoms with Crippen molar-refractivity contribution >= 4 is 22.5 Å². The molecule has 176 valence electrons. The summed E-state index contributed by atoms with van der Waals surface area (Å²) in [7, 11) is 0. The van der Waals surface area contributed by atoms with Crippen molar-refractivity contribution in [3.63, 3.8) is 0 Å². The van der Waals surface area contributed by atoms with Crippen LogP contribution in [-0.4, -0.2) is 15.7 Å². The largest absolute Gasteiger partial charge is 0.486 e. The molecule has 0 bridgehead atoms. The van der Waals surface area contributed by atoms with E-state index < -0.39 is 0 Å². The first-order valence-corrected chi connectivity index (χ1v) is 11.7. The summed E-state index contributed by atoms with van der Waals surface area (Å²) in [6.45, 7) is 5.16. The maximum Gasteiger partial charge on any atom is 0.292 e. The van der Waals surface area contributed by atoms with Crippen molar-refractivity contribution in [2.75, 3.05) is 5.32 Å². The Morgan fingerprint density at radius 3 is 2.60 bits per heavy atom. The first kappa shape index (κ1) is 22.5. The van der Waals surface area contributed by atoms with Crippen LogP contribution in [0.2, 0.25) is 0 Å². The summed E-state index contributed by atoms with van der Waals surface area (Å²) in [5.41, 5.74) is 2.42. The zero-order valence-corrected chi connectivity index (χ0v) is 19.8. The fourth-order valence-electron chi connectivity index (χ4n) is 3.98. The number of nitrogens with zero attached hydrogens (tertiary/aromatic N) is 2. The highest BCUT2D eigenvalue weighted by Crippen LogP contribution is 2.21. The monoisotopic (exact) mass is 465 g/mol. The Labute approximate surface area is 204 Å². The van der Waals surface area contributed by atoms with Gasteiger partial charge in [-0.15, -0.1) is 0 Å². The third-order valence-electron chi connectivity index (χ3n) is 5.91. The number of hydrogen-bond donors (Lipinski definition) is 1. The lowest BCUT2D eigenvalue weighted by atomic mass is 10.0.